The molecule has 0 aromatic carbocycles. The van der Waals surface area contributed by atoms with Crippen LogP contribution in [0.1, 0.15) is 44.3 Å². The van der Waals surface area contributed by atoms with Crippen LogP contribution in [0, 0.1) is 5.92 Å². The number of hydrogen-bond donors (Lipinski definition) is 1. The third-order valence-corrected chi connectivity index (χ3v) is 4.38. The second kappa shape index (κ2) is 6.88. The Hall–Kier alpha value is -1.36. The summed E-state index contributed by atoms with van der Waals surface area (Å²) in [6.45, 7) is 0.581. The lowest BCUT2D eigenvalue weighted by Gasteiger charge is -2.26. The van der Waals surface area contributed by atoms with Crippen LogP contribution in [-0.4, -0.2) is 33.4 Å². The van der Waals surface area contributed by atoms with Crippen molar-refractivity contribution in [3.63, 3.8) is 0 Å². The maximum atomic E-state index is 12.2. The van der Waals surface area contributed by atoms with Crippen LogP contribution in [0.4, 0.5) is 0 Å². The fourth-order valence-electron chi connectivity index (χ4n) is 2.84. The molecule has 1 fully saturated rings. The second-order valence-corrected chi connectivity index (χ2v) is 6.02. The normalized spacial score (nSPS) is 22.8. The van der Waals surface area contributed by atoms with Gasteiger partial charge in [-0.2, -0.15) is 0 Å². The Balaban J connectivity index is 1.73. The number of aryl methyl sites for hydroxylation is 1. The van der Waals surface area contributed by atoms with Gasteiger partial charge in [0.15, 0.2) is 0 Å². The predicted molar refractivity (Wildman–Crippen MR) is 78.8 cm³/mol. The van der Waals surface area contributed by atoms with Crippen molar-refractivity contribution >= 4 is 5.91 Å². The first-order valence-electron chi connectivity index (χ1n) is 7.52. The average Bonchev–Trinajstić information content (AvgIpc) is 2.83. The summed E-state index contributed by atoms with van der Waals surface area (Å²) in [6, 6.07) is 0.382. The fourth-order valence-corrected chi connectivity index (χ4v) is 2.84. The van der Waals surface area contributed by atoms with E-state index < -0.39 is 0 Å². The third kappa shape index (κ3) is 4.07. The van der Waals surface area contributed by atoms with E-state index in [9.17, 15) is 4.79 Å². The van der Waals surface area contributed by atoms with Crippen molar-refractivity contribution < 1.29 is 4.79 Å². The molecule has 5 heteroatoms. The molecule has 2 rings (SSSR count). The highest BCUT2D eigenvalue weighted by molar-refractivity contribution is 5.75. The zero-order chi connectivity index (χ0) is 14.5. The van der Waals surface area contributed by atoms with Crippen LogP contribution in [0.5, 0.6) is 0 Å². The van der Waals surface area contributed by atoms with Crippen molar-refractivity contribution in [3.8, 4) is 0 Å². The molecule has 0 bridgehead atoms. The van der Waals surface area contributed by atoms with E-state index >= 15 is 0 Å². The highest BCUT2D eigenvalue weighted by atomic mass is 16.2. The number of rotatable bonds is 5. The number of aromatic nitrogens is 2. The minimum absolute atomic E-state index is 0.211. The Bertz CT molecular complexity index is 435. The Kier molecular flexibility index (Phi) is 5.17. The molecule has 1 aromatic rings. The smallest absolute Gasteiger partial charge is 0.222 e. The van der Waals surface area contributed by atoms with Gasteiger partial charge < -0.3 is 15.2 Å². The van der Waals surface area contributed by atoms with Gasteiger partial charge in [-0.3, -0.25) is 4.79 Å². The molecule has 1 heterocycles. The summed E-state index contributed by atoms with van der Waals surface area (Å²) in [5, 5.41) is 0. The van der Waals surface area contributed by atoms with Crippen LogP contribution in [0.25, 0.3) is 0 Å². The van der Waals surface area contributed by atoms with Gasteiger partial charge in [-0.25, -0.2) is 4.98 Å². The highest BCUT2D eigenvalue weighted by Crippen LogP contribution is 2.27. The third-order valence-electron chi connectivity index (χ3n) is 4.38. The van der Waals surface area contributed by atoms with E-state index in [2.05, 4.69) is 4.98 Å². The first-order valence-corrected chi connectivity index (χ1v) is 7.52. The standard InChI is InChI=1S/C15H26N4O/c1-18-10-9-17-14(18)11-19(2)15(20)8-5-12-3-6-13(16)7-4-12/h9-10,12-13H,3-8,11,16H2,1-2H3. The number of imidazole rings is 1. The average molecular weight is 278 g/mol. The van der Waals surface area contributed by atoms with Crippen LogP contribution in [0.15, 0.2) is 12.4 Å². The van der Waals surface area contributed by atoms with Crippen molar-refractivity contribution in [1.29, 1.82) is 0 Å². The minimum atomic E-state index is 0.211. The number of nitrogens with zero attached hydrogens (tertiary/aromatic N) is 3. The Morgan fingerprint density at radius 2 is 2.15 bits per heavy atom. The molecule has 1 aliphatic rings. The lowest BCUT2D eigenvalue weighted by atomic mass is 9.84. The molecule has 0 radical (unpaired) electrons. The Morgan fingerprint density at radius 1 is 1.45 bits per heavy atom. The molecule has 1 amide bonds. The zero-order valence-electron chi connectivity index (χ0n) is 12.6. The van der Waals surface area contributed by atoms with Crippen LogP contribution in [-0.2, 0) is 18.4 Å². The molecule has 20 heavy (non-hydrogen) atoms. The Morgan fingerprint density at radius 3 is 2.75 bits per heavy atom. The monoisotopic (exact) mass is 278 g/mol. The van der Waals surface area contributed by atoms with Gasteiger partial charge in [0.2, 0.25) is 5.91 Å². The molecule has 0 spiro atoms. The Labute approximate surface area is 121 Å². The van der Waals surface area contributed by atoms with E-state index in [0.717, 1.165) is 25.1 Å². The van der Waals surface area contributed by atoms with Gasteiger partial charge in [-0.1, -0.05) is 0 Å². The highest BCUT2D eigenvalue weighted by Gasteiger charge is 2.20. The number of amides is 1. The quantitative estimate of drug-likeness (QED) is 0.891. The van der Waals surface area contributed by atoms with Crippen molar-refractivity contribution in [2.75, 3.05) is 7.05 Å². The first kappa shape index (κ1) is 15.0. The topological polar surface area (TPSA) is 64.2 Å². The maximum Gasteiger partial charge on any atom is 0.222 e. The van der Waals surface area contributed by atoms with Crippen LogP contribution in [0.2, 0.25) is 0 Å². The van der Waals surface area contributed by atoms with E-state index in [1.165, 1.54) is 12.8 Å². The lowest BCUT2D eigenvalue weighted by molar-refractivity contribution is -0.130. The largest absolute Gasteiger partial charge is 0.338 e. The molecule has 1 aromatic heterocycles. The van der Waals surface area contributed by atoms with Gasteiger partial charge in [0.05, 0.1) is 6.54 Å². The number of carbonyl (C=O) groups is 1. The zero-order valence-corrected chi connectivity index (χ0v) is 12.6. The summed E-state index contributed by atoms with van der Waals surface area (Å²) in [5.74, 6) is 1.81. The minimum Gasteiger partial charge on any atom is -0.338 e. The molecule has 0 unspecified atom stereocenters. The first-order chi connectivity index (χ1) is 9.56. The molecule has 0 atom stereocenters. The molecular weight excluding hydrogens is 252 g/mol. The molecule has 2 N–H and O–H groups in total. The second-order valence-electron chi connectivity index (χ2n) is 6.02. The molecule has 1 aliphatic carbocycles. The van der Waals surface area contributed by atoms with Crippen molar-refractivity contribution in [2.24, 2.45) is 18.7 Å². The van der Waals surface area contributed by atoms with E-state index in [1.807, 2.05) is 24.9 Å². The van der Waals surface area contributed by atoms with E-state index in [0.29, 0.717) is 24.9 Å². The van der Waals surface area contributed by atoms with Gasteiger partial charge in [0.25, 0.3) is 0 Å². The van der Waals surface area contributed by atoms with Crippen LogP contribution >= 0.6 is 0 Å². The summed E-state index contributed by atoms with van der Waals surface area (Å²) in [6.07, 6.45) is 9.88. The molecule has 112 valence electrons. The SMILES string of the molecule is CN(Cc1nccn1C)C(=O)CCC1CCC(N)CC1. The fraction of sp³-hybridized carbons (Fsp3) is 0.733. The van der Waals surface area contributed by atoms with Crippen molar-refractivity contribution in [1.82, 2.24) is 14.5 Å². The van der Waals surface area contributed by atoms with Gasteiger partial charge in [-0.15, -0.1) is 0 Å². The molecule has 0 saturated heterocycles. The summed E-state index contributed by atoms with van der Waals surface area (Å²) < 4.78 is 1.95. The van der Waals surface area contributed by atoms with E-state index in [1.54, 1.807) is 11.1 Å². The van der Waals surface area contributed by atoms with Crippen LogP contribution < -0.4 is 5.73 Å². The van der Waals surface area contributed by atoms with Crippen molar-refractivity contribution in [2.45, 2.75) is 51.1 Å². The van der Waals surface area contributed by atoms with E-state index in [4.69, 9.17) is 5.73 Å². The van der Waals surface area contributed by atoms with Gasteiger partial charge in [0, 0.05) is 39.0 Å². The molecular formula is C15H26N4O. The van der Waals surface area contributed by atoms with Crippen LogP contribution in [0.3, 0.4) is 0 Å². The number of hydrogen-bond acceptors (Lipinski definition) is 3. The molecule has 1 saturated carbocycles. The molecule has 0 aliphatic heterocycles. The summed E-state index contributed by atoms with van der Waals surface area (Å²) in [4.78, 5) is 18.2. The predicted octanol–water partition coefficient (Wildman–Crippen LogP) is 1.68. The van der Waals surface area contributed by atoms with Crippen molar-refractivity contribution in [3.05, 3.63) is 18.2 Å². The van der Waals surface area contributed by atoms with E-state index in [-0.39, 0.29) is 5.91 Å². The molecule has 5 nitrogen and oxygen atoms in total. The summed E-state index contributed by atoms with van der Waals surface area (Å²) in [7, 11) is 3.81. The number of carbonyl (C=O) groups excluding carboxylic acids is 1. The maximum absolute atomic E-state index is 12.2. The van der Waals surface area contributed by atoms with Gasteiger partial charge in [0.1, 0.15) is 5.82 Å². The lowest BCUT2D eigenvalue weighted by Crippen LogP contribution is -2.29. The summed E-state index contributed by atoms with van der Waals surface area (Å²) in [5.41, 5.74) is 5.91. The number of nitrogens with two attached hydrogens (primary N) is 1. The van der Waals surface area contributed by atoms with Gasteiger partial charge in [-0.05, 0) is 38.0 Å². The van der Waals surface area contributed by atoms with Gasteiger partial charge >= 0.3 is 0 Å². The summed E-state index contributed by atoms with van der Waals surface area (Å²) >= 11 is 0.